The van der Waals surface area contributed by atoms with E-state index in [0.29, 0.717) is 0 Å². The van der Waals surface area contributed by atoms with Crippen molar-refractivity contribution < 1.29 is 14.3 Å². The van der Waals surface area contributed by atoms with Crippen LogP contribution in [0.5, 0.6) is 0 Å². The molecule has 1 amide bonds. The zero-order valence-electron chi connectivity index (χ0n) is 12.4. The van der Waals surface area contributed by atoms with E-state index in [-0.39, 0.29) is 11.7 Å². The second-order valence-electron chi connectivity index (χ2n) is 6.59. The van der Waals surface area contributed by atoms with Crippen molar-refractivity contribution in [1.29, 1.82) is 0 Å². The molecule has 104 valence electrons. The summed E-state index contributed by atoms with van der Waals surface area (Å²) in [6.45, 7) is 9.04. The van der Waals surface area contributed by atoms with Crippen molar-refractivity contribution in [2.24, 2.45) is 5.92 Å². The van der Waals surface area contributed by atoms with Crippen molar-refractivity contribution >= 4 is 11.9 Å². The van der Waals surface area contributed by atoms with E-state index >= 15 is 0 Å². The van der Waals surface area contributed by atoms with Gasteiger partial charge >= 0.3 is 6.09 Å². The van der Waals surface area contributed by atoms with Crippen LogP contribution in [-0.4, -0.2) is 35.0 Å². The third-order valence-electron chi connectivity index (χ3n) is 3.58. The van der Waals surface area contributed by atoms with Gasteiger partial charge in [0.05, 0.1) is 5.54 Å². The molecule has 0 radical (unpaired) electrons. The lowest BCUT2D eigenvalue weighted by molar-refractivity contribution is -0.135. The summed E-state index contributed by atoms with van der Waals surface area (Å²) >= 11 is 0. The van der Waals surface area contributed by atoms with Gasteiger partial charge in [0.1, 0.15) is 5.60 Å². The summed E-state index contributed by atoms with van der Waals surface area (Å²) in [7, 11) is 1.63. The molecule has 4 nitrogen and oxygen atoms in total. The number of amides is 1. The van der Waals surface area contributed by atoms with Crippen molar-refractivity contribution in [2.75, 3.05) is 7.05 Å². The fourth-order valence-corrected chi connectivity index (χ4v) is 1.89. The summed E-state index contributed by atoms with van der Waals surface area (Å²) in [6.07, 6.45) is 2.57. The first-order valence-electron chi connectivity index (χ1n) is 6.57. The zero-order chi connectivity index (χ0) is 14.1. The Labute approximate surface area is 110 Å². The Morgan fingerprint density at radius 2 is 1.61 bits per heavy atom. The minimum Gasteiger partial charge on any atom is -0.444 e. The lowest BCUT2D eigenvalue weighted by atomic mass is 9.75. The van der Waals surface area contributed by atoms with Gasteiger partial charge < -0.3 is 4.74 Å². The number of hydrogen-bond donors (Lipinski definition) is 0. The highest BCUT2D eigenvalue weighted by Crippen LogP contribution is 2.33. The summed E-state index contributed by atoms with van der Waals surface area (Å²) < 4.78 is 5.30. The highest BCUT2D eigenvalue weighted by atomic mass is 16.6. The van der Waals surface area contributed by atoms with Gasteiger partial charge in [-0.25, -0.2) is 4.79 Å². The molecule has 18 heavy (non-hydrogen) atoms. The number of hydrogen-bond acceptors (Lipinski definition) is 3. The Kier molecular flexibility index (Phi) is 4.08. The number of ether oxygens (including phenoxy) is 1. The Morgan fingerprint density at radius 3 is 1.94 bits per heavy atom. The lowest BCUT2D eigenvalue weighted by Crippen LogP contribution is -2.54. The molecular weight excluding hydrogens is 230 g/mol. The number of nitrogens with zero attached hydrogens (tertiary/aromatic N) is 1. The summed E-state index contributed by atoms with van der Waals surface area (Å²) in [5.74, 6) is 0.256. The number of rotatable bonds is 3. The van der Waals surface area contributed by atoms with E-state index in [1.807, 2.05) is 20.8 Å². The van der Waals surface area contributed by atoms with Crippen molar-refractivity contribution in [1.82, 2.24) is 4.90 Å². The molecule has 0 aromatic rings. The maximum absolute atomic E-state index is 12.3. The lowest BCUT2D eigenvalue weighted by Gasteiger charge is -2.39. The second-order valence-corrected chi connectivity index (χ2v) is 6.59. The molecule has 0 N–H and O–H groups in total. The van der Waals surface area contributed by atoms with Gasteiger partial charge in [0, 0.05) is 13.0 Å². The highest BCUT2D eigenvalue weighted by Gasteiger charge is 2.42. The highest BCUT2D eigenvalue weighted by molar-refractivity contribution is 5.93. The third-order valence-corrected chi connectivity index (χ3v) is 3.58. The van der Waals surface area contributed by atoms with Crippen LogP contribution in [0.3, 0.4) is 0 Å². The summed E-state index contributed by atoms with van der Waals surface area (Å²) in [5.41, 5.74) is -1.34. The van der Waals surface area contributed by atoms with Crippen molar-refractivity contribution in [2.45, 2.75) is 65.0 Å². The van der Waals surface area contributed by atoms with E-state index in [2.05, 4.69) is 0 Å². The number of likely N-dealkylation sites (N-methyl/N-ethyl adjacent to an activating group) is 1. The standard InChI is InChI=1S/C14H25NO3/c1-13(2,3)18-12(17)15(6)14(4,5)11(16)10-8-7-9-10/h10H,7-9H2,1-6H3. The molecule has 4 heteroatoms. The number of ketones is 1. The Morgan fingerprint density at radius 1 is 1.11 bits per heavy atom. The Hall–Kier alpha value is -1.06. The molecule has 0 aliphatic heterocycles. The predicted molar refractivity (Wildman–Crippen MR) is 70.4 cm³/mol. The molecule has 0 unspecified atom stereocenters. The molecule has 0 heterocycles. The summed E-state index contributed by atoms with van der Waals surface area (Å²) in [5, 5.41) is 0. The van der Waals surface area contributed by atoms with Crippen LogP contribution in [0.15, 0.2) is 0 Å². The maximum atomic E-state index is 12.3. The summed E-state index contributed by atoms with van der Waals surface area (Å²) in [4.78, 5) is 25.7. The van der Waals surface area contributed by atoms with Gasteiger partial charge in [0.15, 0.2) is 5.78 Å². The molecule has 0 spiro atoms. The molecule has 1 saturated carbocycles. The number of Topliss-reactive ketones (excluding diaryl/α,β-unsaturated/α-hetero) is 1. The predicted octanol–water partition coefficient (Wildman–Crippen LogP) is 3.00. The van der Waals surface area contributed by atoms with Crippen LogP contribution in [0, 0.1) is 5.92 Å². The minimum atomic E-state index is -0.798. The van der Waals surface area contributed by atoms with Gasteiger partial charge in [0.2, 0.25) is 0 Å². The normalized spacial score (nSPS) is 17.0. The largest absolute Gasteiger partial charge is 0.444 e. The Balaban J connectivity index is 2.71. The first-order valence-corrected chi connectivity index (χ1v) is 6.57. The third kappa shape index (κ3) is 3.24. The minimum absolute atomic E-state index is 0.116. The van der Waals surface area contributed by atoms with E-state index in [4.69, 9.17) is 4.74 Å². The van der Waals surface area contributed by atoms with Crippen LogP contribution in [0.4, 0.5) is 4.79 Å². The quantitative estimate of drug-likeness (QED) is 0.778. The van der Waals surface area contributed by atoms with E-state index in [9.17, 15) is 9.59 Å². The van der Waals surface area contributed by atoms with Crippen LogP contribution in [-0.2, 0) is 9.53 Å². The summed E-state index contributed by atoms with van der Waals surface area (Å²) in [6, 6.07) is 0. The van der Waals surface area contributed by atoms with Crippen molar-refractivity contribution in [3.05, 3.63) is 0 Å². The van der Waals surface area contributed by atoms with Crippen molar-refractivity contribution in [3.63, 3.8) is 0 Å². The maximum Gasteiger partial charge on any atom is 0.410 e. The van der Waals surface area contributed by atoms with Crippen molar-refractivity contribution in [3.8, 4) is 0 Å². The zero-order valence-corrected chi connectivity index (χ0v) is 12.4. The molecule has 0 aromatic carbocycles. The first kappa shape index (κ1) is 15.0. The molecule has 1 aliphatic rings. The van der Waals surface area contributed by atoms with E-state index in [1.54, 1.807) is 20.9 Å². The van der Waals surface area contributed by atoms with Gasteiger partial charge in [-0.2, -0.15) is 0 Å². The van der Waals surface area contributed by atoms with Gasteiger partial charge in [-0.3, -0.25) is 9.69 Å². The number of carbonyl (C=O) groups excluding carboxylic acids is 2. The van der Waals surface area contributed by atoms with Crippen LogP contribution < -0.4 is 0 Å². The topological polar surface area (TPSA) is 46.6 Å². The monoisotopic (exact) mass is 255 g/mol. The van der Waals surface area contributed by atoms with E-state index < -0.39 is 17.2 Å². The Bertz CT molecular complexity index is 337. The molecule has 1 rings (SSSR count). The SMILES string of the molecule is CN(C(=O)OC(C)(C)C)C(C)(C)C(=O)C1CCC1. The molecule has 0 atom stereocenters. The van der Waals surface area contributed by atoms with Crippen LogP contribution in [0.2, 0.25) is 0 Å². The fourth-order valence-electron chi connectivity index (χ4n) is 1.89. The van der Waals surface area contributed by atoms with Crippen LogP contribution in [0.25, 0.3) is 0 Å². The first-order chi connectivity index (χ1) is 8.05. The molecule has 0 aromatic heterocycles. The molecule has 1 aliphatic carbocycles. The fraction of sp³-hybridized carbons (Fsp3) is 0.857. The van der Waals surface area contributed by atoms with E-state index in [0.717, 1.165) is 19.3 Å². The van der Waals surface area contributed by atoms with Crippen LogP contribution in [0.1, 0.15) is 53.9 Å². The average molecular weight is 255 g/mol. The van der Waals surface area contributed by atoms with Gasteiger partial charge in [-0.1, -0.05) is 6.42 Å². The van der Waals surface area contributed by atoms with Gasteiger partial charge in [-0.05, 0) is 47.5 Å². The van der Waals surface area contributed by atoms with E-state index in [1.165, 1.54) is 4.90 Å². The molecule has 0 saturated heterocycles. The molecule has 1 fully saturated rings. The molecule has 0 bridgehead atoms. The second kappa shape index (κ2) is 4.90. The van der Waals surface area contributed by atoms with Gasteiger partial charge in [0.25, 0.3) is 0 Å². The number of carbonyl (C=O) groups is 2. The van der Waals surface area contributed by atoms with Crippen LogP contribution >= 0.6 is 0 Å². The smallest absolute Gasteiger partial charge is 0.410 e. The van der Waals surface area contributed by atoms with Gasteiger partial charge in [-0.15, -0.1) is 0 Å². The molecular formula is C14H25NO3. The average Bonchev–Trinajstić information content (AvgIpc) is 2.10.